The van der Waals surface area contributed by atoms with E-state index in [1.54, 1.807) is 12.1 Å². The highest BCUT2D eigenvalue weighted by molar-refractivity contribution is 8.13. The van der Waals surface area contributed by atoms with Gasteiger partial charge in [-0.25, -0.2) is 0 Å². The van der Waals surface area contributed by atoms with Crippen LogP contribution in [0.3, 0.4) is 0 Å². The largest absolute Gasteiger partial charge is 0.252 e. The van der Waals surface area contributed by atoms with Crippen molar-refractivity contribution in [3.8, 4) is 0 Å². The Hall–Kier alpha value is -0.760. The zero-order valence-electron chi connectivity index (χ0n) is 13.1. The third-order valence-corrected chi connectivity index (χ3v) is 6.57. The van der Waals surface area contributed by atoms with E-state index in [1.165, 1.54) is 23.5 Å². The number of nitrogens with zero attached hydrogens (tertiary/aromatic N) is 2. The summed E-state index contributed by atoms with van der Waals surface area (Å²) in [5.74, 6) is 1.40. The highest BCUT2D eigenvalue weighted by Crippen LogP contribution is 2.26. The molecule has 0 unspecified atom stereocenters. The maximum Gasteiger partial charge on any atom is 0.201 e. The molecule has 3 rings (SSSR count). The minimum Gasteiger partial charge on any atom is -0.252 e. The van der Waals surface area contributed by atoms with Gasteiger partial charge < -0.3 is 0 Å². The Morgan fingerprint density at radius 2 is 1.08 bits per heavy atom. The summed E-state index contributed by atoms with van der Waals surface area (Å²) in [6.45, 7) is 0. The van der Waals surface area contributed by atoms with Crippen LogP contribution in [-0.2, 0) is 11.5 Å². The van der Waals surface area contributed by atoms with Gasteiger partial charge in [0.25, 0.3) is 0 Å². The zero-order valence-corrected chi connectivity index (χ0v) is 17.8. The first-order valence-corrected chi connectivity index (χ1v) is 10.8. The maximum absolute atomic E-state index is 6.02. The molecule has 136 valence electrons. The van der Waals surface area contributed by atoms with E-state index < -0.39 is 0 Å². The molecule has 0 atom stereocenters. The topological polar surface area (TPSA) is 48.8 Å². The number of amidine groups is 2. The summed E-state index contributed by atoms with van der Waals surface area (Å²) in [7, 11) is 0. The van der Waals surface area contributed by atoms with E-state index >= 15 is 0 Å². The van der Waals surface area contributed by atoms with Crippen molar-refractivity contribution in [3.63, 3.8) is 0 Å². The normalized spacial score (nSPS) is 13.5. The van der Waals surface area contributed by atoms with E-state index in [9.17, 15) is 0 Å². The smallest absolute Gasteiger partial charge is 0.201 e. The summed E-state index contributed by atoms with van der Waals surface area (Å²) in [4.78, 5) is 0. The Balaban J connectivity index is 1.46. The minimum atomic E-state index is 0.542. The second-order valence-corrected chi connectivity index (χ2v) is 8.69. The van der Waals surface area contributed by atoms with Gasteiger partial charge in [0.2, 0.25) is 10.3 Å². The summed E-state index contributed by atoms with van der Waals surface area (Å²) >= 11 is 26.9. The van der Waals surface area contributed by atoms with Crippen molar-refractivity contribution in [2.75, 3.05) is 0 Å². The number of hydrazone groups is 2. The summed E-state index contributed by atoms with van der Waals surface area (Å²) in [6.07, 6.45) is 0. The highest BCUT2D eigenvalue weighted by atomic mass is 35.5. The number of rotatable bonds is 4. The van der Waals surface area contributed by atoms with Gasteiger partial charge in [-0.3, -0.25) is 10.9 Å². The van der Waals surface area contributed by atoms with Gasteiger partial charge >= 0.3 is 0 Å². The van der Waals surface area contributed by atoms with Gasteiger partial charge in [0, 0.05) is 11.5 Å². The Bertz CT molecular complexity index is 802. The van der Waals surface area contributed by atoms with Crippen molar-refractivity contribution in [2.24, 2.45) is 10.2 Å². The fourth-order valence-electron chi connectivity index (χ4n) is 1.94. The molecule has 0 spiro atoms. The van der Waals surface area contributed by atoms with Gasteiger partial charge in [-0.15, -0.1) is 10.2 Å². The van der Waals surface area contributed by atoms with E-state index in [4.69, 9.17) is 46.4 Å². The lowest BCUT2D eigenvalue weighted by Gasteiger charge is -2.14. The van der Waals surface area contributed by atoms with Crippen molar-refractivity contribution >= 4 is 80.3 Å². The molecule has 0 amide bonds. The van der Waals surface area contributed by atoms with E-state index in [0.717, 1.165) is 11.1 Å². The van der Waals surface area contributed by atoms with Crippen LogP contribution in [0.1, 0.15) is 11.1 Å². The number of nitrogens with one attached hydrogen (secondary N) is 2. The molecule has 2 aromatic carbocycles. The fraction of sp³-hybridized carbons (Fsp3) is 0.125. The van der Waals surface area contributed by atoms with Crippen LogP contribution in [0.25, 0.3) is 0 Å². The highest BCUT2D eigenvalue weighted by Gasteiger charge is 2.10. The average Bonchev–Trinajstić information content (AvgIpc) is 2.64. The molecule has 0 aromatic heterocycles. The van der Waals surface area contributed by atoms with Crippen molar-refractivity contribution in [2.45, 2.75) is 11.5 Å². The van der Waals surface area contributed by atoms with Crippen LogP contribution in [0, 0.1) is 0 Å². The van der Waals surface area contributed by atoms with Crippen molar-refractivity contribution < 1.29 is 0 Å². The van der Waals surface area contributed by atoms with Crippen molar-refractivity contribution in [1.29, 1.82) is 0 Å². The Labute approximate surface area is 179 Å². The van der Waals surface area contributed by atoms with Crippen molar-refractivity contribution in [1.82, 2.24) is 10.9 Å². The lowest BCUT2D eigenvalue weighted by atomic mass is 10.2. The predicted octanol–water partition coefficient (Wildman–Crippen LogP) is 6.20. The molecular weight excluding hydrogens is 454 g/mol. The second kappa shape index (κ2) is 9.44. The number of halogens is 4. The Morgan fingerprint density at radius 3 is 1.42 bits per heavy atom. The summed E-state index contributed by atoms with van der Waals surface area (Å²) in [5.41, 5.74) is 7.97. The molecule has 0 saturated carbocycles. The molecule has 0 aliphatic carbocycles. The number of thioether (sulfide) groups is 2. The molecule has 0 fully saturated rings. The van der Waals surface area contributed by atoms with Gasteiger partial charge in [-0.05, 0) is 35.4 Å². The van der Waals surface area contributed by atoms with Gasteiger partial charge in [-0.1, -0.05) is 82.1 Å². The van der Waals surface area contributed by atoms with Gasteiger partial charge in [0.15, 0.2) is 0 Å². The average molecular weight is 466 g/mol. The zero-order chi connectivity index (χ0) is 18.5. The SMILES string of the molecule is Clc1ccc(CSC2=NNC(SCc3ccc(Cl)c(Cl)c3)=NN2)cc1Cl. The van der Waals surface area contributed by atoms with Crippen LogP contribution in [-0.4, -0.2) is 10.3 Å². The fourth-order valence-corrected chi connectivity index (χ4v) is 3.99. The van der Waals surface area contributed by atoms with Crippen molar-refractivity contribution in [3.05, 3.63) is 67.6 Å². The maximum atomic E-state index is 6.02. The Morgan fingerprint density at radius 1 is 0.654 bits per heavy atom. The number of benzene rings is 2. The molecular formula is C16H12Cl4N4S2. The monoisotopic (exact) mass is 464 g/mol. The molecule has 1 heterocycles. The molecule has 2 aromatic rings. The standard InChI is InChI=1S/C16H12Cl4N4S2/c17-11-3-1-9(5-13(11)19)7-25-15-21-23-16(24-22-15)26-8-10-2-4-12(18)14(20)6-10/h1-6H,7-8H2,(H,21,22)(H,23,24). The number of hydrogen-bond acceptors (Lipinski definition) is 6. The summed E-state index contributed by atoms with van der Waals surface area (Å²) in [5, 5.41) is 12.1. The lowest BCUT2D eigenvalue weighted by Crippen LogP contribution is -2.30. The number of hydrogen-bond donors (Lipinski definition) is 2. The molecule has 2 N–H and O–H groups in total. The second-order valence-electron chi connectivity index (χ2n) is 5.13. The molecule has 0 saturated heterocycles. The first-order chi connectivity index (χ1) is 12.5. The van der Waals surface area contributed by atoms with E-state index in [2.05, 4.69) is 21.1 Å². The van der Waals surface area contributed by atoms with Crippen LogP contribution in [0.15, 0.2) is 46.6 Å². The summed E-state index contributed by atoms with van der Waals surface area (Å²) < 4.78 is 0. The molecule has 0 radical (unpaired) electrons. The molecule has 10 heteroatoms. The van der Waals surface area contributed by atoms with E-state index in [1.807, 2.05) is 24.3 Å². The predicted molar refractivity (Wildman–Crippen MR) is 117 cm³/mol. The third-order valence-electron chi connectivity index (χ3n) is 3.23. The lowest BCUT2D eigenvalue weighted by molar-refractivity contribution is 0.914. The molecule has 1 aliphatic rings. The quantitative estimate of drug-likeness (QED) is 0.564. The molecule has 4 nitrogen and oxygen atoms in total. The first-order valence-electron chi connectivity index (χ1n) is 7.32. The minimum absolute atomic E-state index is 0.542. The van der Waals surface area contributed by atoms with E-state index in [-0.39, 0.29) is 0 Å². The van der Waals surface area contributed by atoms with Crippen LogP contribution in [0.5, 0.6) is 0 Å². The summed E-state index contributed by atoms with van der Waals surface area (Å²) in [6, 6.07) is 11.1. The van der Waals surface area contributed by atoms with E-state index in [0.29, 0.717) is 41.9 Å². The molecule has 0 bridgehead atoms. The first kappa shape index (κ1) is 20.0. The third kappa shape index (κ3) is 5.62. The van der Waals surface area contributed by atoms with Gasteiger partial charge in [0.1, 0.15) is 0 Å². The van der Waals surface area contributed by atoms with Crippen LogP contribution in [0.2, 0.25) is 20.1 Å². The van der Waals surface area contributed by atoms with Gasteiger partial charge in [-0.2, -0.15) is 0 Å². The molecule has 26 heavy (non-hydrogen) atoms. The van der Waals surface area contributed by atoms with Gasteiger partial charge in [0.05, 0.1) is 20.1 Å². The molecule has 1 aliphatic heterocycles. The Kier molecular flexibility index (Phi) is 7.26. The van der Waals surface area contributed by atoms with Crippen LogP contribution >= 0.6 is 69.9 Å². The van der Waals surface area contributed by atoms with Crippen LogP contribution < -0.4 is 10.9 Å². The van der Waals surface area contributed by atoms with Crippen LogP contribution in [0.4, 0.5) is 0 Å².